The zero-order chi connectivity index (χ0) is 22.3. The quantitative estimate of drug-likeness (QED) is 0.731. The molecule has 0 saturated heterocycles. The Hall–Kier alpha value is -3.15. The van der Waals surface area contributed by atoms with Gasteiger partial charge in [-0.15, -0.1) is 0 Å². The van der Waals surface area contributed by atoms with Gasteiger partial charge in [0.15, 0.2) is 5.41 Å². The summed E-state index contributed by atoms with van der Waals surface area (Å²) in [5.41, 5.74) is -3.12. The van der Waals surface area contributed by atoms with E-state index in [1.54, 1.807) is 0 Å². The smallest absolute Gasteiger partial charge is 0.329 e. The van der Waals surface area contributed by atoms with Crippen LogP contribution in [0.2, 0.25) is 0 Å². The van der Waals surface area contributed by atoms with Crippen LogP contribution in [-0.2, 0) is 6.18 Å². The van der Waals surface area contributed by atoms with Gasteiger partial charge in [-0.3, -0.25) is 0 Å². The maximum Gasteiger partial charge on any atom is 0.416 e. The molecule has 1 aromatic carbocycles. The van der Waals surface area contributed by atoms with E-state index >= 15 is 0 Å². The van der Waals surface area contributed by atoms with Crippen LogP contribution < -0.4 is 4.90 Å². The largest absolute Gasteiger partial charge is 0.416 e. The monoisotopic (exact) mass is 412 g/mol. The Morgan fingerprint density at radius 2 is 1.80 bits per heavy atom. The summed E-state index contributed by atoms with van der Waals surface area (Å²) in [4.78, 5) is 1.09. The lowest BCUT2D eigenvalue weighted by atomic mass is 9.54. The predicted molar refractivity (Wildman–Crippen MR) is 102 cm³/mol. The SMILES string of the molecule is CC(C)[NH+]1CC=C2C(C#N)C(=N)C(C#N)(C#N)[C@@H](c3ccccc3C(F)(F)F)[C@H]2C1. The van der Waals surface area contributed by atoms with E-state index in [0.717, 1.165) is 11.0 Å². The number of nitriles is 3. The molecule has 0 aromatic heterocycles. The Morgan fingerprint density at radius 3 is 2.33 bits per heavy atom. The molecule has 1 aliphatic heterocycles. The van der Waals surface area contributed by atoms with Crippen LogP contribution in [0.3, 0.4) is 0 Å². The van der Waals surface area contributed by atoms with Crippen molar-refractivity contribution in [3.8, 4) is 18.2 Å². The van der Waals surface area contributed by atoms with Gasteiger partial charge in [0.05, 0.1) is 48.6 Å². The molecule has 4 atom stereocenters. The molecule has 2 N–H and O–H groups in total. The van der Waals surface area contributed by atoms with Crippen molar-refractivity contribution in [1.82, 2.24) is 0 Å². The van der Waals surface area contributed by atoms with Crippen LogP contribution in [0.5, 0.6) is 0 Å². The zero-order valence-electron chi connectivity index (χ0n) is 16.6. The molecule has 1 heterocycles. The topological polar surface area (TPSA) is 99.7 Å². The first kappa shape index (κ1) is 21.6. The first-order valence-electron chi connectivity index (χ1n) is 9.64. The van der Waals surface area contributed by atoms with Crippen LogP contribution in [0.4, 0.5) is 13.2 Å². The van der Waals surface area contributed by atoms with Crippen molar-refractivity contribution in [3.63, 3.8) is 0 Å². The summed E-state index contributed by atoms with van der Waals surface area (Å²) in [6.45, 7) is 4.94. The second kappa shape index (κ2) is 7.59. The minimum absolute atomic E-state index is 0.168. The van der Waals surface area contributed by atoms with Crippen molar-refractivity contribution in [2.24, 2.45) is 17.3 Å². The van der Waals surface area contributed by atoms with E-state index in [1.165, 1.54) is 18.2 Å². The molecule has 0 spiro atoms. The highest BCUT2D eigenvalue weighted by molar-refractivity contribution is 6.00. The van der Waals surface area contributed by atoms with Gasteiger partial charge in [0.2, 0.25) is 0 Å². The fourth-order valence-electron chi connectivity index (χ4n) is 4.76. The Balaban J connectivity index is 2.33. The lowest BCUT2D eigenvalue weighted by Crippen LogP contribution is -3.16. The van der Waals surface area contributed by atoms with Crippen LogP contribution in [0.15, 0.2) is 35.9 Å². The van der Waals surface area contributed by atoms with Gasteiger partial charge in [0, 0.05) is 11.8 Å². The number of halogens is 3. The Bertz CT molecular complexity index is 1000. The van der Waals surface area contributed by atoms with E-state index in [9.17, 15) is 29.0 Å². The molecule has 2 aliphatic rings. The molecule has 154 valence electrons. The number of rotatable bonds is 2. The molecule has 0 amide bonds. The van der Waals surface area contributed by atoms with Crippen molar-refractivity contribution < 1.29 is 18.1 Å². The zero-order valence-corrected chi connectivity index (χ0v) is 16.6. The molecule has 8 heteroatoms. The predicted octanol–water partition coefficient (Wildman–Crippen LogP) is 2.85. The molecule has 5 nitrogen and oxygen atoms in total. The highest BCUT2D eigenvalue weighted by Gasteiger charge is 2.60. The van der Waals surface area contributed by atoms with E-state index in [1.807, 2.05) is 38.1 Å². The second-order valence-corrected chi connectivity index (χ2v) is 8.10. The van der Waals surface area contributed by atoms with Crippen molar-refractivity contribution in [2.75, 3.05) is 13.1 Å². The molecule has 2 unspecified atom stereocenters. The average Bonchev–Trinajstić information content (AvgIpc) is 2.72. The lowest BCUT2D eigenvalue weighted by molar-refractivity contribution is -0.920. The number of nitrogens with one attached hydrogen (secondary N) is 2. The Labute approximate surface area is 173 Å². The van der Waals surface area contributed by atoms with E-state index in [2.05, 4.69) is 0 Å². The van der Waals surface area contributed by atoms with Crippen molar-refractivity contribution >= 4 is 5.71 Å². The first-order valence-corrected chi connectivity index (χ1v) is 9.64. The van der Waals surface area contributed by atoms with Gasteiger partial charge in [-0.1, -0.05) is 18.2 Å². The normalized spacial score (nSPS) is 28.0. The maximum absolute atomic E-state index is 13.8. The number of quaternary nitrogens is 1. The summed E-state index contributed by atoms with van der Waals surface area (Å²) in [5.74, 6) is -2.90. The fraction of sp³-hybridized carbons (Fsp3) is 0.455. The van der Waals surface area contributed by atoms with Crippen LogP contribution in [0.1, 0.15) is 30.9 Å². The molecular formula is C22H21F3N5+. The summed E-state index contributed by atoms with van der Waals surface area (Å²) >= 11 is 0. The van der Waals surface area contributed by atoms with Gasteiger partial charge in [-0.05, 0) is 37.1 Å². The molecule has 1 saturated carbocycles. The van der Waals surface area contributed by atoms with Gasteiger partial charge >= 0.3 is 6.18 Å². The minimum atomic E-state index is -4.68. The molecule has 0 radical (unpaired) electrons. The van der Waals surface area contributed by atoms with Gasteiger partial charge in [-0.25, -0.2) is 0 Å². The molecule has 0 bridgehead atoms. The third-order valence-corrected chi connectivity index (χ3v) is 6.33. The van der Waals surface area contributed by atoms with Crippen molar-refractivity contribution in [2.45, 2.75) is 32.0 Å². The van der Waals surface area contributed by atoms with Crippen molar-refractivity contribution in [3.05, 3.63) is 47.0 Å². The average molecular weight is 412 g/mol. The number of alkyl halides is 3. The minimum Gasteiger partial charge on any atom is -0.329 e. The van der Waals surface area contributed by atoms with Crippen LogP contribution >= 0.6 is 0 Å². The summed E-state index contributed by atoms with van der Waals surface area (Å²) < 4.78 is 41.5. The number of nitrogens with zero attached hydrogens (tertiary/aromatic N) is 3. The van der Waals surface area contributed by atoms with Crippen LogP contribution in [0, 0.1) is 56.7 Å². The van der Waals surface area contributed by atoms with Crippen molar-refractivity contribution in [1.29, 1.82) is 21.2 Å². The molecule has 3 rings (SSSR count). The Kier molecular flexibility index (Phi) is 5.46. The number of hydrogen-bond acceptors (Lipinski definition) is 4. The molecule has 1 aromatic rings. The fourth-order valence-corrected chi connectivity index (χ4v) is 4.76. The number of benzene rings is 1. The summed E-state index contributed by atoms with van der Waals surface area (Å²) in [7, 11) is 0. The summed E-state index contributed by atoms with van der Waals surface area (Å²) in [5, 5.41) is 38.2. The summed E-state index contributed by atoms with van der Waals surface area (Å²) in [6, 6.07) is 10.8. The van der Waals surface area contributed by atoms with E-state index < -0.39 is 40.6 Å². The van der Waals surface area contributed by atoms with Gasteiger partial charge in [0.1, 0.15) is 5.92 Å². The highest BCUT2D eigenvalue weighted by Crippen LogP contribution is 2.54. The third kappa shape index (κ3) is 3.16. The van der Waals surface area contributed by atoms with Gasteiger partial charge < -0.3 is 10.3 Å². The molecule has 1 fully saturated rings. The summed E-state index contributed by atoms with van der Waals surface area (Å²) in [6.07, 6.45) is -2.86. The number of fused-ring (bicyclic) bond motifs is 1. The Morgan fingerprint density at radius 1 is 1.17 bits per heavy atom. The van der Waals surface area contributed by atoms with Gasteiger partial charge in [0.25, 0.3) is 0 Å². The van der Waals surface area contributed by atoms with E-state index in [0.29, 0.717) is 18.7 Å². The highest BCUT2D eigenvalue weighted by atomic mass is 19.4. The van der Waals surface area contributed by atoms with E-state index in [4.69, 9.17) is 5.41 Å². The standard InChI is InChI=1S/C22H20F3N5/c1-13(2)30-8-7-14-16(9-26)20(29)21(11-27,12-28)19(17(14)10-30)15-5-3-4-6-18(15)22(23,24)25/h3-7,13,16-17,19,29H,8,10H2,1-2H3/p+1/t16?,17-,19-/m0/s1. The van der Waals surface area contributed by atoms with Gasteiger partial charge in [-0.2, -0.15) is 29.0 Å². The maximum atomic E-state index is 13.8. The molecular weight excluding hydrogens is 391 g/mol. The number of hydrogen-bond donors (Lipinski definition) is 2. The third-order valence-electron chi connectivity index (χ3n) is 6.33. The first-order chi connectivity index (χ1) is 14.1. The van der Waals surface area contributed by atoms with Crippen LogP contribution in [0.25, 0.3) is 0 Å². The molecule has 1 aliphatic carbocycles. The second-order valence-electron chi connectivity index (χ2n) is 8.10. The lowest BCUT2D eigenvalue weighted by Gasteiger charge is -2.47. The van der Waals surface area contributed by atoms with E-state index in [-0.39, 0.29) is 11.6 Å². The van der Waals surface area contributed by atoms with Crippen LogP contribution in [-0.4, -0.2) is 24.8 Å². The molecule has 30 heavy (non-hydrogen) atoms.